The monoisotopic (exact) mass is 212 g/mol. The van der Waals surface area contributed by atoms with Crippen LogP contribution < -0.4 is 5.32 Å². The Balaban J connectivity index is 2.31. The van der Waals surface area contributed by atoms with Crippen molar-refractivity contribution < 1.29 is 0 Å². The summed E-state index contributed by atoms with van der Waals surface area (Å²) in [5.41, 5.74) is 0. The van der Waals surface area contributed by atoms with Gasteiger partial charge in [0.1, 0.15) is 0 Å². The highest BCUT2D eigenvalue weighted by molar-refractivity contribution is 4.83. The Bertz CT molecular complexity index is 170. The quantitative estimate of drug-likeness (QED) is 0.753. The maximum absolute atomic E-state index is 3.79. The molecule has 0 aromatic rings. The zero-order valence-electron chi connectivity index (χ0n) is 10.9. The van der Waals surface area contributed by atoms with Gasteiger partial charge in [-0.2, -0.15) is 0 Å². The molecule has 0 aromatic heterocycles. The smallest absolute Gasteiger partial charge is 0.0119 e. The molecule has 15 heavy (non-hydrogen) atoms. The van der Waals surface area contributed by atoms with Crippen molar-refractivity contribution in [1.29, 1.82) is 0 Å². The molecule has 0 aliphatic carbocycles. The third kappa shape index (κ3) is 4.12. The Morgan fingerprint density at radius 2 is 2.13 bits per heavy atom. The molecule has 2 nitrogen and oxygen atoms in total. The first-order chi connectivity index (χ1) is 7.17. The molecule has 1 heterocycles. The summed E-state index contributed by atoms with van der Waals surface area (Å²) in [6.45, 7) is 13.0. The number of nitrogens with one attached hydrogen (secondary N) is 1. The fraction of sp³-hybridized carbons (Fsp3) is 1.00. The summed E-state index contributed by atoms with van der Waals surface area (Å²) >= 11 is 0. The molecule has 1 N–H and O–H groups in total. The molecule has 2 heteroatoms. The highest BCUT2D eigenvalue weighted by Crippen LogP contribution is 2.17. The molecular formula is C13H28N2. The van der Waals surface area contributed by atoms with E-state index in [-0.39, 0.29) is 0 Å². The van der Waals surface area contributed by atoms with Gasteiger partial charge in [-0.15, -0.1) is 0 Å². The van der Waals surface area contributed by atoms with Crippen molar-refractivity contribution in [2.75, 3.05) is 19.6 Å². The van der Waals surface area contributed by atoms with Crippen molar-refractivity contribution in [2.24, 2.45) is 5.92 Å². The Morgan fingerprint density at radius 3 is 2.67 bits per heavy atom. The minimum Gasteiger partial charge on any atom is -0.311 e. The highest BCUT2D eigenvalue weighted by atomic mass is 15.1. The standard InChI is InChI=1S/C13H28N2/c1-5-7-12(4)14-13-8-9-15(6-2)10-11(13)3/h11-14H,5-10H2,1-4H3. The van der Waals surface area contributed by atoms with E-state index in [1.807, 2.05) is 0 Å². The van der Waals surface area contributed by atoms with Crippen LogP contribution in [-0.2, 0) is 0 Å². The highest BCUT2D eigenvalue weighted by Gasteiger charge is 2.25. The van der Waals surface area contributed by atoms with Crippen LogP contribution in [0.15, 0.2) is 0 Å². The van der Waals surface area contributed by atoms with E-state index in [2.05, 4.69) is 37.9 Å². The van der Waals surface area contributed by atoms with Crippen LogP contribution in [0.2, 0.25) is 0 Å². The van der Waals surface area contributed by atoms with Gasteiger partial charge in [-0.05, 0) is 38.8 Å². The Kier molecular flexibility index (Phi) is 5.62. The zero-order valence-corrected chi connectivity index (χ0v) is 10.9. The summed E-state index contributed by atoms with van der Waals surface area (Å²) in [4.78, 5) is 2.56. The van der Waals surface area contributed by atoms with Crippen LogP contribution in [0.5, 0.6) is 0 Å². The first-order valence-electron chi connectivity index (χ1n) is 6.65. The van der Waals surface area contributed by atoms with Crippen LogP contribution in [0.25, 0.3) is 0 Å². The van der Waals surface area contributed by atoms with Crippen molar-refractivity contribution in [3.05, 3.63) is 0 Å². The number of nitrogens with zero attached hydrogens (tertiary/aromatic N) is 1. The molecule has 1 fully saturated rings. The lowest BCUT2D eigenvalue weighted by atomic mass is 9.93. The second kappa shape index (κ2) is 6.49. The van der Waals surface area contributed by atoms with Crippen LogP contribution in [0, 0.1) is 5.92 Å². The van der Waals surface area contributed by atoms with E-state index in [0.29, 0.717) is 6.04 Å². The molecule has 1 aliphatic rings. The van der Waals surface area contributed by atoms with Gasteiger partial charge in [0, 0.05) is 18.6 Å². The van der Waals surface area contributed by atoms with Crippen LogP contribution in [0.4, 0.5) is 0 Å². The molecule has 0 amide bonds. The van der Waals surface area contributed by atoms with Crippen LogP contribution in [-0.4, -0.2) is 36.6 Å². The van der Waals surface area contributed by atoms with Crippen molar-refractivity contribution in [1.82, 2.24) is 10.2 Å². The molecule has 0 radical (unpaired) electrons. The zero-order chi connectivity index (χ0) is 11.3. The van der Waals surface area contributed by atoms with E-state index < -0.39 is 0 Å². The van der Waals surface area contributed by atoms with E-state index in [1.54, 1.807) is 0 Å². The van der Waals surface area contributed by atoms with E-state index in [4.69, 9.17) is 0 Å². The maximum atomic E-state index is 3.79. The molecular weight excluding hydrogens is 184 g/mol. The van der Waals surface area contributed by atoms with Gasteiger partial charge in [-0.1, -0.05) is 27.2 Å². The third-order valence-electron chi connectivity index (χ3n) is 3.66. The maximum Gasteiger partial charge on any atom is 0.0119 e. The minimum atomic E-state index is 0.690. The van der Waals surface area contributed by atoms with Gasteiger partial charge < -0.3 is 10.2 Å². The number of rotatable bonds is 5. The summed E-state index contributed by atoms with van der Waals surface area (Å²) in [6, 6.07) is 1.44. The first kappa shape index (κ1) is 13.0. The van der Waals surface area contributed by atoms with Crippen LogP contribution in [0.1, 0.15) is 47.0 Å². The molecule has 1 aliphatic heterocycles. The number of piperidine rings is 1. The minimum absolute atomic E-state index is 0.690. The van der Waals surface area contributed by atoms with Gasteiger partial charge in [0.25, 0.3) is 0 Å². The molecule has 1 rings (SSSR count). The van der Waals surface area contributed by atoms with E-state index in [0.717, 1.165) is 12.0 Å². The van der Waals surface area contributed by atoms with E-state index in [1.165, 1.54) is 38.9 Å². The summed E-state index contributed by atoms with van der Waals surface area (Å²) < 4.78 is 0. The van der Waals surface area contributed by atoms with Gasteiger partial charge in [-0.3, -0.25) is 0 Å². The lowest BCUT2D eigenvalue weighted by Crippen LogP contribution is -2.50. The lowest BCUT2D eigenvalue weighted by Gasteiger charge is -2.38. The average molecular weight is 212 g/mol. The second-order valence-electron chi connectivity index (χ2n) is 5.12. The summed E-state index contributed by atoms with van der Waals surface area (Å²) in [5, 5.41) is 3.79. The molecule has 90 valence electrons. The summed E-state index contributed by atoms with van der Waals surface area (Å²) in [7, 11) is 0. The predicted molar refractivity (Wildman–Crippen MR) is 67.2 cm³/mol. The van der Waals surface area contributed by atoms with Crippen molar-refractivity contribution >= 4 is 0 Å². The number of hydrogen-bond donors (Lipinski definition) is 1. The van der Waals surface area contributed by atoms with Gasteiger partial charge in [-0.25, -0.2) is 0 Å². The molecule has 1 saturated heterocycles. The van der Waals surface area contributed by atoms with Crippen LogP contribution >= 0.6 is 0 Å². The van der Waals surface area contributed by atoms with E-state index in [9.17, 15) is 0 Å². The average Bonchev–Trinajstić information content (AvgIpc) is 2.21. The first-order valence-corrected chi connectivity index (χ1v) is 6.65. The topological polar surface area (TPSA) is 15.3 Å². The van der Waals surface area contributed by atoms with Crippen molar-refractivity contribution in [3.8, 4) is 0 Å². The molecule has 0 spiro atoms. The van der Waals surface area contributed by atoms with E-state index >= 15 is 0 Å². The summed E-state index contributed by atoms with van der Waals surface area (Å²) in [5.74, 6) is 0.804. The summed E-state index contributed by atoms with van der Waals surface area (Å²) in [6.07, 6.45) is 3.92. The number of likely N-dealkylation sites (tertiary alicyclic amines) is 1. The molecule has 0 saturated carbocycles. The fourth-order valence-corrected chi connectivity index (χ4v) is 2.65. The Labute approximate surface area is 95.4 Å². The third-order valence-corrected chi connectivity index (χ3v) is 3.66. The molecule has 0 bridgehead atoms. The Hall–Kier alpha value is -0.0800. The second-order valence-corrected chi connectivity index (χ2v) is 5.12. The van der Waals surface area contributed by atoms with Gasteiger partial charge in [0.15, 0.2) is 0 Å². The van der Waals surface area contributed by atoms with Gasteiger partial charge in [0.05, 0.1) is 0 Å². The normalized spacial score (nSPS) is 30.4. The van der Waals surface area contributed by atoms with Crippen molar-refractivity contribution in [3.63, 3.8) is 0 Å². The van der Waals surface area contributed by atoms with Crippen molar-refractivity contribution in [2.45, 2.75) is 59.0 Å². The lowest BCUT2D eigenvalue weighted by molar-refractivity contribution is 0.146. The fourth-order valence-electron chi connectivity index (χ4n) is 2.65. The predicted octanol–water partition coefficient (Wildman–Crippen LogP) is 2.49. The molecule has 0 aromatic carbocycles. The number of hydrogen-bond acceptors (Lipinski definition) is 2. The van der Waals surface area contributed by atoms with Gasteiger partial charge >= 0.3 is 0 Å². The SMILES string of the molecule is CCCC(C)NC1CCN(CC)CC1C. The Morgan fingerprint density at radius 1 is 1.40 bits per heavy atom. The largest absolute Gasteiger partial charge is 0.311 e. The van der Waals surface area contributed by atoms with Crippen LogP contribution in [0.3, 0.4) is 0 Å². The van der Waals surface area contributed by atoms with Gasteiger partial charge in [0.2, 0.25) is 0 Å². The molecule has 3 unspecified atom stereocenters. The molecule has 3 atom stereocenters.